The topological polar surface area (TPSA) is 47.6 Å². The predicted octanol–water partition coefficient (Wildman–Crippen LogP) is 3.48. The van der Waals surface area contributed by atoms with E-state index in [0.717, 1.165) is 24.0 Å². The molecule has 80 valence electrons. The molecule has 0 atom stereocenters. The lowest BCUT2D eigenvalue weighted by molar-refractivity contribution is 0.443. The Labute approximate surface area is 96.1 Å². The zero-order valence-corrected chi connectivity index (χ0v) is 9.24. The zero-order chi connectivity index (χ0) is 11.4. The van der Waals surface area contributed by atoms with E-state index in [4.69, 9.17) is 10.5 Å². The Hall–Kier alpha value is -1.80. The lowest BCUT2D eigenvalue weighted by atomic mass is 9.82. The van der Waals surface area contributed by atoms with E-state index >= 15 is 0 Å². The van der Waals surface area contributed by atoms with Gasteiger partial charge in [-0.2, -0.15) is 10.5 Å². The van der Waals surface area contributed by atoms with E-state index in [2.05, 4.69) is 12.1 Å². The van der Waals surface area contributed by atoms with Gasteiger partial charge in [-0.15, -0.1) is 0 Å². The molecule has 1 aliphatic carbocycles. The summed E-state index contributed by atoms with van der Waals surface area (Å²) in [6.45, 7) is 0. The quantitative estimate of drug-likeness (QED) is 0.712. The molecule has 1 aromatic rings. The number of nitrogens with zero attached hydrogens (tertiary/aromatic N) is 2. The maximum Gasteiger partial charge on any atom is 0.0994 e. The van der Waals surface area contributed by atoms with Gasteiger partial charge < -0.3 is 0 Å². The van der Waals surface area contributed by atoms with Gasteiger partial charge in [-0.3, -0.25) is 0 Å². The minimum atomic E-state index is 0.483. The Kier molecular flexibility index (Phi) is 3.22. The van der Waals surface area contributed by atoms with Gasteiger partial charge in [0, 0.05) is 0 Å². The number of hydrogen-bond donors (Lipinski definition) is 0. The van der Waals surface area contributed by atoms with Crippen molar-refractivity contribution in [2.24, 2.45) is 0 Å². The summed E-state index contributed by atoms with van der Waals surface area (Å²) < 4.78 is 0. The van der Waals surface area contributed by atoms with E-state index in [1.807, 2.05) is 6.07 Å². The molecule has 0 bridgehead atoms. The van der Waals surface area contributed by atoms with E-state index in [9.17, 15) is 0 Å². The molecular weight excluding hydrogens is 196 g/mol. The molecule has 1 aromatic carbocycles. The molecule has 0 aromatic heterocycles. The van der Waals surface area contributed by atoms with Crippen LogP contribution >= 0.6 is 0 Å². The van der Waals surface area contributed by atoms with Gasteiger partial charge in [-0.25, -0.2) is 0 Å². The maximum atomic E-state index is 9.08. The Morgan fingerprint density at radius 1 is 1.00 bits per heavy atom. The fourth-order valence-corrected chi connectivity index (χ4v) is 2.49. The summed E-state index contributed by atoms with van der Waals surface area (Å²) >= 11 is 0. The molecule has 2 rings (SSSR count). The van der Waals surface area contributed by atoms with Crippen LogP contribution in [0.4, 0.5) is 0 Å². The SMILES string of the molecule is N#Cc1ccc(C#N)c(C2CCCCC2)c1. The van der Waals surface area contributed by atoms with Crippen molar-refractivity contribution in [3.63, 3.8) is 0 Å². The highest BCUT2D eigenvalue weighted by Gasteiger charge is 2.18. The summed E-state index contributed by atoms with van der Waals surface area (Å²) in [4.78, 5) is 0. The fraction of sp³-hybridized carbons (Fsp3) is 0.429. The van der Waals surface area contributed by atoms with Crippen molar-refractivity contribution in [1.82, 2.24) is 0 Å². The van der Waals surface area contributed by atoms with E-state index in [1.54, 1.807) is 12.1 Å². The van der Waals surface area contributed by atoms with Crippen LogP contribution in [-0.2, 0) is 0 Å². The van der Waals surface area contributed by atoms with Gasteiger partial charge in [0.1, 0.15) is 0 Å². The standard InChI is InChI=1S/C14H14N2/c15-9-11-6-7-13(10-16)14(8-11)12-4-2-1-3-5-12/h6-8,12H,1-5H2. The summed E-state index contributed by atoms with van der Waals surface area (Å²) in [5.41, 5.74) is 2.49. The molecule has 0 heterocycles. The van der Waals surface area contributed by atoms with Crippen molar-refractivity contribution in [2.45, 2.75) is 38.0 Å². The Balaban J connectivity index is 2.37. The normalized spacial score (nSPS) is 16.4. The molecule has 2 heteroatoms. The lowest BCUT2D eigenvalue weighted by Crippen LogP contribution is -2.06. The third kappa shape index (κ3) is 2.07. The number of benzene rings is 1. The average Bonchev–Trinajstić information content (AvgIpc) is 2.39. The highest BCUT2D eigenvalue weighted by atomic mass is 14.3. The van der Waals surface area contributed by atoms with Crippen molar-refractivity contribution >= 4 is 0 Å². The highest BCUT2D eigenvalue weighted by molar-refractivity contribution is 5.45. The molecule has 1 saturated carbocycles. The van der Waals surface area contributed by atoms with Gasteiger partial charge in [-0.1, -0.05) is 19.3 Å². The van der Waals surface area contributed by atoms with Gasteiger partial charge in [0.2, 0.25) is 0 Å². The van der Waals surface area contributed by atoms with E-state index < -0.39 is 0 Å². The molecule has 0 N–H and O–H groups in total. The van der Waals surface area contributed by atoms with Crippen molar-refractivity contribution in [3.8, 4) is 12.1 Å². The van der Waals surface area contributed by atoms with Crippen LogP contribution in [0.15, 0.2) is 18.2 Å². The Morgan fingerprint density at radius 3 is 2.38 bits per heavy atom. The second-order valence-electron chi connectivity index (χ2n) is 4.36. The highest BCUT2D eigenvalue weighted by Crippen LogP contribution is 2.34. The van der Waals surface area contributed by atoms with Gasteiger partial charge in [-0.05, 0) is 42.5 Å². The molecule has 0 amide bonds. The number of nitriles is 2. The second-order valence-corrected chi connectivity index (χ2v) is 4.36. The number of rotatable bonds is 1. The predicted molar refractivity (Wildman–Crippen MR) is 61.7 cm³/mol. The van der Waals surface area contributed by atoms with Crippen LogP contribution in [0.3, 0.4) is 0 Å². The molecule has 0 unspecified atom stereocenters. The van der Waals surface area contributed by atoms with Crippen molar-refractivity contribution in [2.75, 3.05) is 0 Å². The van der Waals surface area contributed by atoms with Gasteiger partial charge >= 0.3 is 0 Å². The first kappa shape index (κ1) is 10.7. The summed E-state index contributed by atoms with van der Waals surface area (Å²) in [6.07, 6.45) is 6.10. The van der Waals surface area contributed by atoms with Gasteiger partial charge in [0.25, 0.3) is 0 Å². The van der Waals surface area contributed by atoms with Gasteiger partial charge in [0.15, 0.2) is 0 Å². The largest absolute Gasteiger partial charge is 0.192 e. The smallest absolute Gasteiger partial charge is 0.0994 e. The Bertz CT molecular complexity index is 457. The number of hydrogen-bond acceptors (Lipinski definition) is 2. The minimum absolute atomic E-state index is 0.483. The monoisotopic (exact) mass is 210 g/mol. The Morgan fingerprint density at radius 2 is 1.75 bits per heavy atom. The van der Waals surface area contributed by atoms with Crippen LogP contribution in [0, 0.1) is 22.7 Å². The molecule has 1 aliphatic rings. The van der Waals surface area contributed by atoms with Crippen LogP contribution in [0.25, 0.3) is 0 Å². The summed E-state index contributed by atoms with van der Waals surface area (Å²) in [7, 11) is 0. The summed E-state index contributed by atoms with van der Waals surface area (Å²) in [5.74, 6) is 0.483. The van der Waals surface area contributed by atoms with Crippen molar-refractivity contribution in [3.05, 3.63) is 34.9 Å². The molecular formula is C14H14N2. The first-order valence-corrected chi connectivity index (χ1v) is 5.79. The lowest BCUT2D eigenvalue weighted by Gasteiger charge is -2.22. The molecule has 0 aliphatic heterocycles. The summed E-state index contributed by atoms with van der Waals surface area (Å²) in [5, 5.41) is 18.0. The van der Waals surface area contributed by atoms with Crippen LogP contribution < -0.4 is 0 Å². The van der Waals surface area contributed by atoms with Crippen LogP contribution in [-0.4, -0.2) is 0 Å². The molecule has 0 radical (unpaired) electrons. The molecule has 16 heavy (non-hydrogen) atoms. The van der Waals surface area contributed by atoms with E-state index in [1.165, 1.54) is 19.3 Å². The average molecular weight is 210 g/mol. The third-order valence-corrected chi connectivity index (χ3v) is 3.35. The molecule has 0 spiro atoms. The molecule has 0 saturated heterocycles. The summed E-state index contributed by atoms with van der Waals surface area (Å²) in [6, 6.07) is 9.79. The van der Waals surface area contributed by atoms with Gasteiger partial charge in [0.05, 0.1) is 23.3 Å². The van der Waals surface area contributed by atoms with Crippen LogP contribution in [0.5, 0.6) is 0 Å². The van der Waals surface area contributed by atoms with Crippen LogP contribution in [0.2, 0.25) is 0 Å². The zero-order valence-electron chi connectivity index (χ0n) is 9.24. The minimum Gasteiger partial charge on any atom is -0.192 e. The maximum absolute atomic E-state index is 9.08. The van der Waals surface area contributed by atoms with Crippen LogP contribution in [0.1, 0.15) is 54.7 Å². The van der Waals surface area contributed by atoms with E-state index in [-0.39, 0.29) is 0 Å². The second kappa shape index (κ2) is 4.81. The van der Waals surface area contributed by atoms with Crippen molar-refractivity contribution < 1.29 is 0 Å². The third-order valence-electron chi connectivity index (χ3n) is 3.35. The van der Waals surface area contributed by atoms with E-state index in [0.29, 0.717) is 11.5 Å². The fourth-order valence-electron chi connectivity index (χ4n) is 2.49. The molecule has 1 fully saturated rings. The first-order chi connectivity index (χ1) is 7.85. The first-order valence-electron chi connectivity index (χ1n) is 5.79. The van der Waals surface area contributed by atoms with Crippen molar-refractivity contribution in [1.29, 1.82) is 10.5 Å². The molecule has 2 nitrogen and oxygen atoms in total.